The number of benzene rings is 2. The summed E-state index contributed by atoms with van der Waals surface area (Å²) in [4.78, 5) is 14.9. The number of aromatic nitrogens is 1. The number of hydrogen-bond donors (Lipinski definition) is 2. The molecule has 2 unspecified atom stereocenters. The van der Waals surface area contributed by atoms with Crippen molar-refractivity contribution in [1.29, 1.82) is 0 Å². The number of aliphatic hydroxyl groups is 1. The zero-order valence-corrected chi connectivity index (χ0v) is 21.5. The van der Waals surface area contributed by atoms with Crippen LogP contribution in [0.5, 0.6) is 0 Å². The minimum atomic E-state index is -2.43. The number of aliphatic carboxylic acids is 1. The molecule has 0 aliphatic heterocycles. The Kier molecular flexibility index (Phi) is 9.86. The van der Waals surface area contributed by atoms with Crippen molar-refractivity contribution in [2.24, 2.45) is 0 Å². The molecule has 39 heavy (non-hydrogen) atoms. The van der Waals surface area contributed by atoms with Crippen molar-refractivity contribution < 1.29 is 46.0 Å². The van der Waals surface area contributed by atoms with Crippen LogP contribution in [0.25, 0.3) is 22.4 Å². The van der Waals surface area contributed by atoms with Gasteiger partial charge in [0.25, 0.3) is 0 Å². The third-order valence-electron chi connectivity index (χ3n) is 5.38. The topological polar surface area (TPSA) is 96.7 Å². The Morgan fingerprint density at radius 3 is 2.23 bits per heavy atom. The number of hydrogen-bond acceptors (Lipinski definition) is 5. The van der Waals surface area contributed by atoms with Gasteiger partial charge in [-0.1, -0.05) is 37.8 Å². The summed E-state index contributed by atoms with van der Waals surface area (Å²) >= 11 is 0. The van der Waals surface area contributed by atoms with Crippen LogP contribution in [-0.4, -0.2) is 40.0 Å². The Labute approximate surface area is 221 Å². The Morgan fingerprint density at radius 2 is 1.67 bits per heavy atom. The molecule has 0 aliphatic rings. The minimum Gasteiger partial charge on any atom is -0.481 e. The quantitative estimate of drug-likeness (QED) is 0.139. The first-order chi connectivity index (χ1) is 18.4. The maximum atomic E-state index is 14.6. The van der Waals surface area contributed by atoms with Gasteiger partial charge >= 0.3 is 14.0 Å². The second-order valence-corrected chi connectivity index (χ2v) is 9.95. The van der Waals surface area contributed by atoms with Gasteiger partial charge in [-0.05, 0) is 34.2 Å². The van der Waals surface area contributed by atoms with Gasteiger partial charge < -0.3 is 10.2 Å². The molecule has 2 atom stereocenters. The van der Waals surface area contributed by atoms with Crippen molar-refractivity contribution in [3.63, 3.8) is 0 Å². The third kappa shape index (κ3) is 7.45. The molecule has 0 bridgehead atoms. The molecule has 12 heteroatoms. The van der Waals surface area contributed by atoms with Crippen LogP contribution in [0.15, 0.2) is 36.4 Å². The van der Waals surface area contributed by atoms with Crippen molar-refractivity contribution in [2.45, 2.75) is 32.3 Å². The number of nitrogens with zero attached hydrogens (tertiary/aromatic N) is 1. The van der Waals surface area contributed by atoms with Gasteiger partial charge in [0.05, 0.1) is 28.9 Å². The van der Waals surface area contributed by atoms with E-state index in [-0.39, 0.29) is 22.9 Å². The van der Waals surface area contributed by atoms with Crippen molar-refractivity contribution in [3.8, 4) is 34.2 Å². The molecule has 1 heterocycles. The van der Waals surface area contributed by atoms with Crippen molar-refractivity contribution >= 4 is 14.0 Å². The molecule has 6 nitrogen and oxygen atoms in total. The fraction of sp³-hybridized carbons (Fsp3) is 0.259. The normalized spacial score (nSPS) is 12.2. The van der Waals surface area contributed by atoms with E-state index >= 15 is 0 Å². The Morgan fingerprint density at radius 1 is 1.05 bits per heavy atom. The maximum Gasteiger partial charge on any atom is 0.511 e. The van der Waals surface area contributed by atoms with E-state index in [4.69, 9.17) is 9.63 Å². The zero-order valence-electron chi connectivity index (χ0n) is 20.6. The van der Waals surface area contributed by atoms with Crippen LogP contribution in [0.2, 0.25) is 0 Å². The van der Waals surface area contributed by atoms with Gasteiger partial charge in [-0.2, -0.15) is 0 Å². The molecule has 0 aliphatic carbocycles. The highest BCUT2D eigenvalue weighted by Gasteiger charge is 2.26. The Balaban J connectivity index is 2.09. The molecular formula is C27H22F5NO5P+. The zero-order chi connectivity index (χ0) is 28.9. The van der Waals surface area contributed by atoms with E-state index in [1.165, 1.54) is 18.2 Å². The van der Waals surface area contributed by atoms with E-state index in [2.05, 4.69) is 16.8 Å². The van der Waals surface area contributed by atoms with Crippen molar-refractivity contribution in [2.75, 3.05) is 12.8 Å². The van der Waals surface area contributed by atoms with Gasteiger partial charge in [-0.25, -0.2) is 22.0 Å². The summed E-state index contributed by atoms with van der Waals surface area (Å²) in [6.07, 6.45) is -2.40. The summed E-state index contributed by atoms with van der Waals surface area (Å²) in [6.45, 7) is 3.00. The number of carboxylic acids is 1. The van der Waals surface area contributed by atoms with Crippen LogP contribution in [0.4, 0.5) is 22.0 Å². The average molecular weight is 566 g/mol. The molecule has 0 saturated carbocycles. The summed E-state index contributed by atoms with van der Waals surface area (Å²) < 4.78 is 87.9. The summed E-state index contributed by atoms with van der Waals surface area (Å²) in [6, 6.07) is 6.29. The molecule has 0 spiro atoms. The van der Waals surface area contributed by atoms with Gasteiger partial charge in [-0.3, -0.25) is 9.78 Å². The fourth-order valence-corrected chi connectivity index (χ4v) is 4.40. The van der Waals surface area contributed by atoms with Crippen LogP contribution in [0.1, 0.15) is 37.4 Å². The van der Waals surface area contributed by atoms with E-state index in [1.54, 1.807) is 13.8 Å². The lowest BCUT2D eigenvalue weighted by molar-refractivity contribution is -0.138. The SMILES string of the molecule is CC(C)c1nc(-c2c(F)c(F)cc(F)c2F)cc(-c2ccc(F)cc2)c1C#CCO[P+](=O)CC(O)CC(=O)O. The lowest BCUT2D eigenvalue weighted by atomic mass is 9.92. The van der Waals surface area contributed by atoms with Crippen LogP contribution in [0, 0.1) is 40.9 Å². The molecule has 0 saturated heterocycles. The average Bonchev–Trinajstić information content (AvgIpc) is 2.85. The number of aliphatic hydroxyl groups excluding tert-OH is 1. The molecule has 0 radical (unpaired) electrons. The van der Waals surface area contributed by atoms with Crippen LogP contribution < -0.4 is 0 Å². The van der Waals surface area contributed by atoms with Crippen LogP contribution >= 0.6 is 8.03 Å². The highest BCUT2D eigenvalue weighted by atomic mass is 31.1. The van der Waals surface area contributed by atoms with E-state index < -0.39 is 85.6 Å². The third-order valence-corrected chi connectivity index (χ3v) is 6.52. The monoisotopic (exact) mass is 566 g/mol. The van der Waals surface area contributed by atoms with E-state index in [1.807, 2.05) is 0 Å². The number of carboxylic acid groups (broad SMARTS) is 1. The van der Waals surface area contributed by atoms with Gasteiger partial charge in [-0.15, -0.1) is 4.52 Å². The predicted molar refractivity (Wildman–Crippen MR) is 133 cm³/mol. The molecule has 3 aromatic rings. The lowest BCUT2D eigenvalue weighted by Gasteiger charge is -2.16. The van der Waals surface area contributed by atoms with Gasteiger partial charge in [0.2, 0.25) is 6.16 Å². The van der Waals surface area contributed by atoms with Crippen molar-refractivity contribution in [1.82, 2.24) is 4.98 Å². The Hall–Kier alpha value is -3.71. The van der Waals surface area contributed by atoms with Crippen molar-refractivity contribution in [3.05, 3.63) is 76.7 Å². The van der Waals surface area contributed by atoms with Crippen LogP contribution in [-0.2, 0) is 13.9 Å². The molecule has 2 aromatic carbocycles. The molecule has 2 N–H and O–H groups in total. The smallest absolute Gasteiger partial charge is 0.481 e. The first-order valence-corrected chi connectivity index (χ1v) is 12.9. The number of carbonyl (C=O) groups is 1. The second-order valence-electron chi connectivity index (χ2n) is 8.66. The molecule has 204 valence electrons. The summed E-state index contributed by atoms with van der Waals surface area (Å²) in [7, 11) is -2.43. The minimum absolute atomic E-state index is 0.0871. The van der Waals surface area contributed by atoms with E-state index in [0.29, 0.717) is 5.56 Å². The van der Waals surface area contributed by atoms with Gasteiger partial charge in [0, 0.05) is 11.6 Å². The number of pyridine rings is 1. The fourth-order valence-electron chi connectivity index (χ4n) is 3.62. The molecule has 3 rings (SSSR count). The largest absolute Gasteiger partial charge is 0.511 e. The molecule has 1 aromatic heterocycles. The Bertz CT molecular complexity index is 1440. The highest BCUT2D eigenvalue weighted by molar-refractivity contribution is 7.39. The standard InChI is InChI=1S/C27H21F5NO5P/c1-14(2)27-18(4-3-9-38-39(37)13-17(34)10-23(35)36)19(15-5-7-16(28)8-6-15)11-22(33-27)24-25(31)20(29)12-21(30)26(24)32/h5-8,11-12,14,17,34H,9-10,13H2,1-2H3/p+1. The maximum absolute atomic E-state index is 14.6. The molecule has 0 amide bonds. The summed E-state index contributed by atoms with van der Waals surface area (Å²) in [5.74, 6) is -3.31. The predicted octanol–water partition coefficient (Wildman–Crippen LogP) is 6.18. The summed E-state index contributed by atoms with van der Waals surface area (Å²) in [5, 5.41) is 18.3. The first-order valence-electron chi connectivity index (χ1n) is 11.5. The molecular weight excluding hydrogens is 544 g/mol. The van der Waals surface area contributed by atoms with Gasteiger partial charge in [0.1, 0.15) is 11.9 Å². The molecule has 0 fully saturated rings. The summed E-state index contributed by atoms with van der Waals surface area (Å²) in [5.41, 5.74) is -0.415. The second kappa shape index (κ2) is 12.9. The first kappa shape index (κ1) is 29.8. The number of rotatable bonds is 9. The van der Waals surface area contributed by atoms with E-state index in [9.17, 15) is 36.4 Å². The number of halogens is 5. The van der Waals surface area contributed by atoms with E-state index in [0.717, 1.165) is 12.1 Å². The highest BCUT2D eigenvalue weighted by Crippen LogP contribution is 2.36. The lowest BCUT2D eigenvalue weighted by Crippen LogP contribution is -2.15. The van der Waals surface area contributed by atoms with Gasteiger partial charge in [0.15, 0.2) is 29.9 Å². The van der Waals surface area contributed by atoms with Crippen LogP contribution in [0.3, 0.4) is 0 Å².